The Morgan fingerprint density at radius 2 is 1.85 bits per heavy atom. The normalized spacial score (nSPS) is 18.6. The van der Waals surface area contributed by atoms with Crippen molar-refractivity contribution in [3.05, 3.63) is 89.0 Å². The van der Waals surface area contributed by atoms with E-state index in [0.29, 0.717) is 17.7 Å². The van der Waals surface area contributed by atoms with E-state index >= 15 is 0 Å². The second-order valence-electron chi connectivity index (χ2n) is 8.51. The zero-order valence-corrected chi connectivity index (χ0v) is 17.7. The van der Waals surface area contributed by atoms with Crippen LogP contribution in [0.25, 0.3) is 22.2 Å². The largest absolute Gasteiger partial charge is 0.354 e. The van der Waals surface area contributed by atoms with E-state index in [1.165, 1.54) is 0 Å². The topological polar surface area (TPSA) is 112 Å². The summed E-state index contributed by atoms with van der Waals surface area (Å²) < 4.78 is 0. The van der Waals surface area contributed by atoms with Gasteiger partial charge in [0.1, 0.15) is 5.54 Å². The van der Waals surface area contributed by atoms with Crippen molar-refractivity contribution in [3.63, 3.8) is 0 Å². The Bertz CT molecular complexity index is 1470. The van der Waals surface area contributed by atoms with Crippen molar-refractivity contribution in [3.8, 4) is 11.3 Å². The first-order valence-electron chi connectivity index (χ1n) is 10.8. The summed E-state index contributed by atoms with van der Waals surface area (Å²) in [5, 5.41) is 7.81. The molecule has 1 atom stereocenters. The minimum Gasteiger partial charge on any atom is -0.354 e. The summed E-state index contributed by atoms with van der Waals surface area (Å²) in [7, 11) is 0. The number of fused-ring (bicyclic) bond motifs is 1. The number of carbonyl (C=O) groups is 2. The number of H-pyrrole nitrogens is 1. The number of aryl methyl sites for hydroxylation is 1. The minimum atomic E-state index is -1.11. The molecule has 33 heavy (non-hydrogen) atoms. The van der Waals surface area contributed by atoms with E-state index in [-0.39, 0.29) is 11.8 Å². The van der Waals surface area contributed by atoms with E-state index in [1.54, 1.807) is 12.3 Å². The second kappa shape index (κ2) is 7.15. The van der Waals surface area contributed by atoms with Gasteiger partial charge in [0.05, 0.1) is 17.5 Å². The SMILES string of the molecule is N[C@]1(C(=O)Nc2cc3c4c(c(-c5ccccc5)[nH]c4c2)C=NNC3=O)CCc2ccccc21. The Morgan fingerprint density at radius 1 is 1.06 bits per heavy atom. The van der Waals surface area contributed by atoms with E-state index in [9.17, 15) is 9.59 Å². The third-order valence-corrected chi connectivity index (χ3v) is 6.55. The number of anilines is 1. The van der Waals surface area contributed by atoms with Crippen LogP contribution in [-0.4, -0.2) is 23.0 Å². The zero-order chi connectivity index (χ0) is 22.6. The summed E-state index contributed by atoms with van der Waals surface area (Å²) in [5.41, 5.74) is 14.3. The van der Waals surface area contributed by atoms with Gasteiger partial charge >= 0.3 is 0 Å². The molecule has 7 nitrogen and oxygen atoms in total. The fourth-order valence-corrected chi connectivity index (χ4v) is 4.90. The van der Waals surface area contributed by atoms with Gasteiger partial charge in [0, 0.05) is 22.2 Å². The van der Waals surface area contributed by atoms with Gasteiger partial charge in [0.15, 0.2) is 0 Å². The number of nitrogens with one attached hydrogen (secondary N) is 3. The number of rotatable bonds is 3. The molecule has 0 unspecified atom stereocenters. The smallest absolute Gasteiger partial charge is 0.272 e. The fourth-order valence-electron chi connectivity index (χ4n) is 4.90. The lowest BCUT2D eigenvalue weighted by molar-refractivity contribution is -0.121. The van der Waals surface area contributed by atoms with E-state index in [0.717, 1.165) is 45.3 Å². The standard InChI is InChI=1S/C26H21N5O2/c27-26(11-10-15-6-4-5-9-20(15)26)25(33)29-17-12-18-22-19(14-28-31-24(18)32)23(30-21(22)13-17)16-7-2-1-3-8-16/h1-9,12-14,30H,10-11,27H2,(H,29,33)(H,31,32)/t26-/m1/s1. The molecule has 0 radical (unpaired) electrons. The molecule has 7 heteroatoms. The summed E-state index contributed by atoms with van der Waals surface area (Å²) in [6.45, 7) is 0. The molecule has 4 aromatic rings. The molecule has 1 aliphatic carbocycles. The molecule has 0 spiro atoms. The van der Waals surface area contributed by atoms with Crippen LogP contribution in [0.2, 0.25) is 0 Å². The number of benzene rings is 3. The number of carbonyl (C=O) groups excluding carboxylic acids is 2. The van der Waals surface area contributed by atoms with Crippen LogP contribution in [0, 0.1) is 0 Å². The Kier molecular flexibility index (Phi) is 4.21. The van der Waals surface area contributed by atoms with Crippen molar-refractivity contribution in [1.82, 2.24) is 10.4 Å². The van der Waals surface area contributed by atoms with E-state index in [1.807, 2.05) is 60.7 Å². The third kappa shape index (κ3) is 2.97. The first kappa shape index (κ1) is 19.5. The van der Waals surface area contributed by atoms with Gasteiger partial charge < -0.3 is 16.0 Å². The van der Waals surface area contributed by atoms with Gasteiger partial charge in [-0.2, -0.15) is 5.10 Å². The second-order valence-corrected chi connectivity index (χ2v) is 8.51. The van der Waals surface area contributed by atoms with Crippen LogP contribution in [0.4, 0.5) is 5.69 Å². The molecule has 3 aromatic carbocycles. The molecule has 2 amide bonds. The third-order valence-electron chi connectivity index (χ3n) is 6.55. The molecule has 2 heterocycles. The molecular formula is C26H21N5O2. The van der Waals surface area contributed by atoms with E-state index in [4.69, 9.17) is 5.73 Å². The van der Waals surface area contributed by atoms with Crippen LogP contribution >= 0.6 is 0 Å². The Balaban J connectivity index is 1.45. The van der Waals surface area contributed by atoms with Crippen LogP contribution in [0.5, 0.6) is 0 Å². The number of hydrazone groups is 1. The average molecular weight is 435 g/mol. The minimum absolute atomic E-state index is 0.292. The molecule has 5 N–H and O–H groups in total. The number of hydrogen-bond acceptors (Lipinski definition) is 4. The molecule has 162 valence electrons. The molecule has 1 aromatic heterocycles. The maximum atomic E-state index is 13.3. The molecule has 1 aliphatic heterocycles. The van der Waals surface area contributed by atoms with Gasteiger partial charge in [-0.1, -0.05) is 54.6 Å². The monoisotopic (exact) mass is 435 g/mol. The number of aromatic nitrogens is 1. The molecular weight excluding hydrogens is 414 g/mol. The molecule has 6 rings (SSSR count). The molecule has 0 bridgehead atoms. The first-order chi connectivity index (χ1) is 16.0. The van der Waals surface area contributed by atoms with Gasteiger partial charge in [-0.05, 0) is 41.7 Å². The van der Waals surface area contributed by atoms with Crippen LogP contribution in [0.1, 0.15) is 33.5 Å². The van der Waals surface area contributed by atoms with Gasteiger partial charge in [-0.3, -0.25) is 9.59 Å². The quantitative estimate of drug-likeness (QED) is 0.394. The Hall–Kier alpha value is -4.23. The highest BCUT2D eigenvalue weighted by Gasteiger charge is 2.41. The maximum absolute atomic E-state index is 13.3. The van der Waals surface area contributed by atoms with E-state index in [2.05, 4.69) is 20.8 Å². The average Bonchev–Trinajstić information content (AvgIpc) is 3.32. The van der Waals surface area contributed by atoms with Crippen molar-refractivity contribution in [1.29, 1.82) is 0 Å². The van der Waals surface area contributed by atoms with Crippen LogP contribution in [0.15, 0.2) is 71.8 Å². The summed E-state index contributed by atoms with van der Waals surface area (Å²) in [5.74, 6) is -0.627. The highest BCUT2D eigenvalue weighted by molar-refractivity contribution is 6.18. The predicted molar refractivity (Wildman–Crippen MR) is 128 cm³/mol. The summed E-state index contributed by atoms with van der Waals surface area (Å²) in [6.07, 6.45) is 2.94. The maximum Gasteiger partial charge on any atom is 0.272 e. The lowest BCUT2D eigenvalue weighted by Crippen LogP contribution is -2.46. The van der Waals surface area contributed by atoms with Gasteiger partial charge in [-0.15, -0.1) is 0 Å². The van der Waals surface area contributed by atoms with Crippen LogP contribution in [-0.2, 0) is 16.8 Å². The van der Waals surface area contributed by atoms with Gasteiger partial charge in [0.25, 0.3) is 5.91 Å². The molecule has 0 saturated carbocycles. The first-order valence-corrected chi connectivity index (χ1v) is 10.8. The number of hydrogen-bond donors (Lipinski definition) is 4. The Morgan fingerprint density at radius 3 is 2.70 bits per heavy atom. The molecule has 2 aliphatic rings. The van der Waals surface area contributed by atoms with Gasteiger partial charge in [-0.25, -0.2) is 5.43 Å². The van der Waals surface area contributed by atoms with Crippen molar-refractivity contribution in [2.45, 2.75) is 18.4 Å². The van der Waals surface area contributed by atoms with Crippen LogP contribution < -0.4 is 16.5 Å². The summed E-state index contributed by atoms with van der Waals surface area (Å²) in [4.78, 5) is 29.5. The van der Waals surface area contributed by atoms with E-state index < -0.39 is 5.54 Å². The van der Waals surface area contributed by atoms with Crippen molar-refractivity contribution < 1.29 is 9.59 Å². The van der Waals surface area contributed by atoms with Gasteiger partial charge in [0.2, 0.25) is 5.91 Å². The number of aromatic amines is 1. The number of nitrogens with two attached hydrogens (primary N) is 1. The molecule has 0 saturated heterocycles. The highest BCUT2D eigenvalue weighted by atomic mass is 16.2. The van der Waals surface area contributed by atoms with Crippen LogP contribution in [0.3, 0.4) is 0 Å². The Labute approximate surface area is 189 Å². The lowest BCUT2D eigenvalue weighted by Gasteiger charge is -2.24. The highest BCUT2D eigenvalue weighted by Crippen LogP contribution is 2.37. The summed E-state index contributed by atoms with van der Waals surface area (Å²) >= 11 is 0. The lowest BCUT2D eigenvalue weighted by atomic mass is 9.92. The number of amides is 2. The zero-order valence-electron chi connectivity index (χ0n) is 17.7. The van der Waals surface area contributed by atoms with Crippen molar-refractivity contribution in [2.24, 2.45) is 10.8 Å². The predicted octanol–water partition coefficient (Wildman–Crippen LogP) is 3.65. The van der Waals surface area contributed by atoms with Crippen molar-refractivity contribution in [2.75, 3.05) is 5.32 Å². The fraction of sp³-hybridized carbons (Fsp3) is 0.115. The summed E-state index contributed by atoms with van der Waals surface area (Å²) in [6, 6.07) is 21.1. The molecule has 0 fully saturated rings. The van der Waals surface area contributed by atoms with Crippen molar-refractivity contribution >= 4 is 34.6 Å². The number of nitrogens with zero attached hydrogens (tertiary/aromatic N) is 1.